The number of ketones is 1. The number of piperidine rings is 1. The second kappa shape index (κ2) is 28.4. The number of benzene rings is 1. The summed E-state index contributed by atoms with van der Waals surface area (Å²) in [6.07, 6.45) is 11.3. The lowest BCUT2D eigenvalue weighted by molar-refractivity contribution is -0.146. The number of imide groups is 2. The number of Topliss-reactive ketones (excluding diaryl/α,β-unsaturated/α-hetero) is 1. The molecule has 25 heteroatoms. The van der Waals surface area contributed by atoms with Crippen LogP contribution in [-0.4, -0.2) is 173 Å². The number of rotatable bonds is 27. The zero-order chi connectivity index (χ0) is 60.2. The fourth-order valence-electron chi connectivity index (χ4n) is 12.1. The topological polar surface area (TPSA) is 340 Å². The van der Waals surface area contributed by atoms with Crippen LogP contribution in [0.25, 0.3) is 0 Å². The van der Waals surface area contributed by atoms with Gasteiger partial charge in [-0.15, -0.1) is 0 Å². The van der Waals surface area contributed by atoms with Gasteiger partial charge in [0.05, 0.1) is 56.0 Å². The van der Waals surface area contributed by atoms with Crippen molar-refractivity contribution in [2.24, 2.45) is 23.2 Å². The molecule has 0 bridgehead atoms. The SMILES string of the molecule is CCC[C@H](NC(=O)[C@@H]1[C@H]2CCC[C@H]2CN1C(=O)[C@@H](NC(=O)[C@@H](NC(=O)c1cnc(C(=O)NCCOCCOCCNC(=O)CCc2cccc3c2C(=O)N(C2CCC(=O)NC2=O)C3=O)cn1)C1CCCCC1)C(C)(C)C)C(=O)C(=O)NC1CC1. The number of carbonyl (C=O) groups excluding carboxylic acids is 12. The van der Waals surface area contributed by atoms with Crippen molar-refractivity contribution in [3.63, 3.8) is 0 Å². The number of nitrogens with one attached hydrogen (secondary N) is 7. The van der Waals surface area contributed by atoms with E-state index in [1.165, 1.54) is 6.07 Å². The van der Waals surface area contributed by atoms with Gasteiger partial charge in [-0.3, -0.25) is 67.8 Å². The molecule has 84 heavy (non-hydrogen) atoms. The van der Waals surface area contributed by atoms with Crippen molar-refractivity contribution >= 4 is 70.8 Å². The van der Waals surface area contributed by atoms with Gasteiger partial charge in [-0.1, -0.05) is 71.9 Å². The standard InChI is InChI=1S/C59H79N11O14/c1-5-11-39(48(73)55(79)64-36-19-20-36)65-54(78)47-37-16-10-15-35(37)32-69(47)58(82)49(59(2,3)4)68-53(77)46(34-12-7-6-8-13-34)67-51(75)41-31-62-40(30-63-41)50(74)61-25-27-84-29-28-83-26-24-60-43(71)22-18-33-14-9-17-38-45(33)57(81)70(56(38)80)42-21-23-44(72)66-52(42)76/h9,14,17,30-31,34-37,39,42,46-47,49H,5-8,10-13,15-16,18-29,32H2,1-4H3,(H,60,71)(H,61,74)(H,64,79)(H,65,78)(H,67,75)(H,68,77)(H,66,72,76)/t35-,37-,39-,42?,46-,47-,49+/m0/s1. The maximum absolute atomic E-state index is 14.9. The van der Waals surface area contributed by atoms with Crippen LogP contribution in [0.4, 0.5) is 0 Å². The molecule has 2 aromatic rings. The zero-order valence-electron chi connectivity index (χ0n) is 48.4. The first-order valence-electron chi connectivity index (χ1n) is 29.7. The van der Waals surface area contributed by atoms with Gasteiger partial charge in [0, 0.05) is 38.5 Å². The van der Waals surface area contributed by atoms with Crippen molar-refractivity contribution in [1.82, 2.24) is 57.0 Å². The molecule has 2 saturated heterocycles. The van der Waals surface area contributed by atoms with Crippen LogP contribution >= 0.6 is 0 Å². The third-order valence-corrected chi connectivity index (χ3v) is 16.6. The molecule has 0 radical (unpaired) electrons. The molecular formula is C59H79N11O14. The van der Waals surface area contributed by atoms with Crippen molar-refractivity contribution in [1.29, 1.82) is 0 Å². The Kier molecular flexibility index (Phi) is 21.1. The van der Waals surface area contributed by atoms with Crippen molar-refractivity contribution < 1.29 is 67.0 Å². The molecule has 1 aromatic carbocycles. The van der Waals surface area contributed by atoms with Crippen LogP contribution in [0, 0.1) is 23.2 Å². The lowest BCUT2D eigenvalue weighted by Gasteiger charge is -2.38. The number of hydrogen-bond acceptors (Lipinski definition) is 16. The number of aromatic nitrogens is 2. The minimum absolute atomic E-state index is 0.00543. The molecule has 7 atom stereocenters. The Balaban J connectivity index is 0.760. The third kappa shape index (κ3) is 15.4. The number of amides is 11. The highest BCUT2D eigenvalue weighted by molar-refractivity contribution is 6.38. The molecule has 0 spiro atoms. The third-order valence-electron chi connectivity index (χ3n) is 16.6. The van der Waals surface area contributed by atoms with Gasteiger partial charge >= 0.3 is 0 Å². The Bertz CT molecular complexity index is 2850. The molecule has 1 aromatic heterocycles. The summed E-state index contributed by atoms with van der Waals surface area (Å²) in [5.41, 5.74) is -0.268. The van der Waals surface area contributed by atoms with Crippen LogP contribution in [0.3, 0.4) is 0 Å². The summed E-state index contributed by atoms with van der Waals surface area (Å²) >= 11 is 0. The van der Waals surface area contributed by atoms with Crippen molar-refractivity contribution in [3.8, 4) is 0 Å². The number of carbonyl (C=O) groups is 12. The highest BCUT2D eigenvalue weighted by Gasteiger charge is 2.53. The number of hydrogen-bond donors (Lipinski definition) is 7. The van der Waals surface area contributed by atoms with E-state index in [2.05, 4.69) is 47.2 Å². The van der Waals surface area contributed by atoms with Crippen LogP contribution in [0.15, 0.2) is 30.6 Å². The van der Waals surface area contributed by atoms with E-state index in [0.717, 1.165) is 62.2 Å². The predicted octanol–water partition coefficient (Wildman–Crippen LogP) is 1.36. The molecule has 4 heterocycles. The number of likely N-dealkylation sites (tertiary alicyclic amines) is 1. The van der Waals surface area contributed by atoms with Crippen molar-refractivity contribution in [2.75, 3.05) is 46.1 Å². The summed E-state index contributed by atoms with van der Waals surface area (Å²) in [5.74, 6) is -7.32. The Hall–Kier alpha value is -7.54. The van der Waals surface area contributed by atoms with Crippen LogP contribution in [0.5, 0.6) is 0 Å². The van der Waals surface area contributed by atoms with E-state index in [1.54, 1.807) is 17.0 Å². The lowest BCUT2D eigenvalue weighted by Crippen LogP contribution is -2.62. The average Bonchev–Trinajstić information content (AvgIpc) is 2.92. The molecule has 3 aliphatic carbocycles. The molecular weight excluding hydrogens is 1090 g/mol. The van der Waals surface area contributed by atoms with Gasteiger partial charge in [0.25, 0.3) is 29.5 Å². The summed E-state index contributed by atoms with van der Waals surface area (Å²) in [5, 5.41) is 19.0. The largest absolute Gasteiger partial charge is 0.377 e. The molecule has 25 nitrogen and oxygen atoms in total. The van der Waals surface area contributed by atoms with E-state index in [0.29, 0.717) is 37.8 Å². The second-order valence-electron chi connectivity index (χ2n) is 23.8. The summed E-state index contributed by atoms with van der Waals surface area (Å²) < 4.78 is 11.1. The van der Waals surface area contributed by atoms with Crippen LogP contribution in [0.1, 0.15) is 171 Å². The van der Waals surface area contributed by atoms with Gasteiger partial charge < -0.3 is 46.3 Å². The fraction of sp³-hybridized carbons (Fsp3) is 0.627. The number of nitrogens with zero attached hydrogens (tertiary/aromatic N) is 4. The first-order valence-corrected chi connectivity index (χ1v) is 29.7. The molecule has 454 valence electrons. The summed E-state index contributed by atoms with van der Waals surface area (Å²) in [4.78, 5) is 171. The number of ether oxygens (including phenoxy) is 2. The van der Waals surface area contributed by atoms with Gasteiger partial charge in [-0.2, -0.15) is 0 Å². The Morgan fingerprint density at radius 2 is 1.45 bits per heavy atom. The Morgan fingerprint density at radius 1 is 0.762 bits per heavy atom. The van der Waals surface area contributed by atoms with E-state index >= 15 is 0 Å². The highest BCUT2D eigenvalue weighted by Crippen LogP contribution is 2.43. The molecule has 6 aliphatic rings. The minimum atomic E-state index is -1.11. The van der Waals surface area contributed by atoms with E-state index in [-0.39, 0.29) is 124 Å². The van der Waals surface area contributed by atoms with Crippen molar-refractivity contribution in [2.45, 2.75) is 167 Å². The quantitative estimate of drug-likeness (QED) is 0.0377. The summed E-state index contributed by atoms with van der Waals surface area (Å²) in [6.45, 7) is 8.62. The van der Waals surface area contributed by atoms with Gasteiger partial charge in [0.2, 0.25) is 41.2 Å². The van der Waals surface area contributed by atoms with E-state index < -0.39 is 100 Å². The molecule has 8 rings (SSSR count). The van der Waals surface area contributed by atoms with Crippen LogP contribution < -0.4 is 37.2 Å². The molecule has 11 amide bonds. The summed E-state index contributed by atoms with van der Waals surface area (Å²) in [7, 11) is 0. The summed E-state index contributed by atoms with van der Waals surface area (Å²) in [6, 6.07) is -0.489. The predicted molar refractivity (Wildman–Crippen MR) is 299 cm³/mol. The smallest absolute Gasteiger partial charge is 0.289 e. The van der Waals surface area contributed by atoms with Crippen molar-refractivity contribution in [3.05, 3.63) is 58.7 Å². The lowest BCUT2D eigenvalue weighted by atomic mass is 9.82. The van der Waals surface area contributed by atoms with E-state index in [4.69, 9.17) is 9.47 Å². The minimum Gasteiger partial charge on any atom is -0.377 e. The number of aryl methyl sites for hydroxylation is 1. The fourth-order valence-corrected chi connectivity index (χ4v) is 12.1. The zero-order valence-corrected chi connectivity index (χ0v) is 48.4. The Morgan fingerprint density at radius 3 is 2.11 bits per heavy atom. The molecule has 3 saturated carbocycles. The molecule has 7 N–H and O–H groups in total. The van der Waals surface area contributed by atoms with Gasteiger partial charge in [-0.25, -0.2) is 9.97 Å². The van der Waals surface area contributed by atoms with Crippen LogP contribution in [0.2, 0.25) is 0 Å². The van der Waals surface area contributed by atoms with E-state index in [1.807, 2.05) is 27.7 Å². The number of fused-ring (bicyclic) bond motifs is 2. The Labute approximate surface area is 487 Å². The second-order valence-corrected chi connectivity index (χ2v) is 23.8. The first kappa shape index (κ1) is 62.5. The first-order chi connectivity index (χ1) is 40.2. The van der Waals surface area contributed by atoms with Gasteiger partial charge in [0.15, 0.2) is 0 Å². The van der Waals surface area contributed by atoms with Gasteiger partial charge in [-0.05, 0) is 92.6 Å². The maximum Gasteiger partial charge on any atom is 0.289 e. The molecule has 1 unspecified atom stereocenters. The monoisotopic (exact) mass is 1170 g/mol. The van der Waals surface area contributed by atoms with Crippen LogP contribution in [-0.2, 0) is 54.3 Å². The van der Waals surface area contributed by atoms with E-state index in [9.17, 15) is 57.5 Å². The molecule has 5 fully saturated rings. The normalized spacial score (nSPS) is 21.6. The van der Waals surface area contributed by atoms with Gasteiger partial charge in [0.1, 0.15) is 35.6 Å². The highest BCUT2D eigenvalue weighted by atomic mass is 16.5. The average molecular weight is 1170 g/mol. The maximum atomic E-state index is 14.9. The molecule has 3 aliphatic heterocycles.